The third kappa shape index (κ3) is 2.05. The Bertz CT molecular complexity index is 202. The molecule has 3 atom stereocenters. The maximum atomic E-state index is 12.4. The molecule has 2 fully saturated rings. The normalized spacial score (nSPS) is 39.2. The van der Waals surface area contributed by atoms with Crippen LogP contribution in [-0.4, -0.2) is 18.4 Å². The first-order valence-corrected chi connectivity index (χ1v) is 5.29. The molecular formula is C10H15F3O. The lowest BCUT2D eigenvalue weighted by Gasteiger charge is -2.39. The molecule has 2 rings (SSSR count). The van der Waals surface area contributed by atoms with Gasteiger partial charge >= 0.3 is 6.18 Å². The Labute approximate surface area is 81.6 Å². The predicted molar refractivity (Wildman–Crippen MR) is 45.9 cm³/mol. The fourth-order valence-electron chi connectivity index (χ4n) is 2.57. The highest BCUT2D eigenvalue weighted by Gasteiger charge is 2.46. The fourth-order valence-corrected chi connectivity index (χ4v) is 2.57. The van der Waals surface area contributed by atoms with E-state index in [0.717, 1.165) is 25.7 Å². The van der Waals surface area contributed by atoms with E-state index in [1.807, 2.05) is 0 Å². The van der Waals surface area contributed by atoms with Gasteiger partial charge in [-0.2, -0.15) is 13.2 Å². The summed E-state index contributed by atoms with van der Waals surface area (Å²) in [4.78, 5) is 0. The van der Waals surface area contributed by atoms with Gasteiger partial charge in [0.15, 0.2) is 6.10 Å². The number of hydrogen-bond acceptors (Lipinski definition) is 1. The van der Waals surface area contributed by atoms with E-state index in [-0.39, 0.29) is 12.5 Å². The van der Waals surface area contributed by atoms with Crippen molar-refractivity contribution in [2.75, 3.05) is 0 Å². The van der Waals surface area contributed by atoms with Crippen molar-refractivity contribution in [1.29, 1.82) is 0 Å². The van der Waals surface area contributed by atoms with Crippen molar-refractivity contribution < 1.29 is 17.9 Å². The van der Waals surface area contributed by atoms with E-state index in [0.29, 0.717) is 12.3 Å². The molecule has 0 bridgehead atoms. The SMILES string of the molecule is FC(F)(F)C1CCC2CCCCC2O1. The summed E-state index contributed by atoms with van der Waals surface area (Å²) in [6, 6.07) is 0. The van der Waals surface area contributed by atoms with E-state index in [4.69, 9.17) is 4.74 Å². The lowest BCUT2D eigenvalue weighted by molar-refractivity contribution is -0.256. The van der Waals surface area contributed by atoms with Crippen molar-refractivity contribution in [2.24, 2.45) is 5.92 Å². The van der Waals surface area contributed by atoms with Gasteiger partial charge in [-0.25, -0.2) is 0 Å². The van der Waals surface area contributed by atoms with Gasteiger partial charge in [-0.3, -0.25) is 0 Å². The lowest BCUT2D eigenvalue weighted by Crippen LogP contribution is -2.43. The number of ether oxygens (including phenoxy) is 1. The summed E-state index contributed by atoms with van der Waals surface area (Å²) in [5, 5.41) is 0. The van der Waals surface area contributed by atoms with E-state index < -0.39 is 12.3 Å². The molecule has 82 valence electrons. The highest BCUT2D eigenvalue weighted by Crippen LogP contribution is 2.40. The van der Waals surface area contributed by atoms with Crippen LogP contribution in [0, 0.1) is 5.92 Å². The standard InChI is InChI=1S/C10H15F3O/c11-10(12,13)9-6-5-7-3-1-2-4-8(7)14-9/h7-9H,1-6H2. The average molecular weight is 208 g/mol. The Morgan fingerprint density at radius 2 is 1.64 bits per heavy atom. The van der Waals surface area contributed by atoms with Crippen molar-refractivity contribution in [1.82, 2.24) is 0 Å². The highest BCUT2D eigenvalue weighted by atomic mass is 19.4. The summed E-state index contributed by atoms with van der Waals surface area (Å²) in [6.07, 6.45) is -0.896. The molecule has 0 aromatic heterocycles. The average Bonchev–Trinajstić information content (AvgIpc) is 2.16. The Balaban J connectivity index is 1.96. The molecule has 3 unspecified atom stereocenters. The van der Waals surface area contributed by atoms with Crippen LogP contribution in [0.25, 0.3) is 0 Å². The zero-order chi connectivity index (χ0) is 10.2. The smallest absolute Gasteiger partial charge is 0.365 e. The van der Waals surface area contributed by atoms with Crippen LogP contribution in [0.4, 0.5) is 13.2 Å². The summed E-state index contributed by atoms with van der Waals surface area (Å²) in [5.74, 6) is 0.391. The van der Waals surface area contributed by atoms with Crippen molar-refractivity contribution >= 4 is 0 Å². The monoisotopic (exact) mass is 208 g/mol. The molecule has 4 heteroatoms. The molecule has 1 saturated heterocycles. The first-order valence-electron chi connectivity index (χ1n) is 5.29. The van der Waals surface area contributed by atoms with E-state index in [2.05, 4.69) is 0 Å². The minimum absolute atomic E-state index is 0.121. The number of rotatable bonds is 0. The molecule has 0 amide bonds. The molecule has 0 aromatic carbocycles. The Kier molecular flexibility index (Phi) is 2.73. The maximum Gasteiger partial charge on any atom is 0.414 e. The first-order chi connectivity index (χ1) is 6.57. The second kappa shape index (κ2) is 3.72. The molecule has 2 aliphatic rings. The quantitative estimate of drug-likeness (QED) is 0.593. The van der Waals surface area contributed by atoms with E-state index in [1.165, 1.54) is 0 Å². The van der Waals surface area contributed by atoms with Gasteiger partial charge in [-0.1, -0.05) is 12.8 Å². The fraction of sp³-hybridized carbons (Fsp3) is 1.00. The van der Waals surface area contributed by atoms with Crippen LogP contribution < -0.4 is 0 Å². The van der Waals surface area contributed by atoms with Crippen LogP contribution in [0.15, 0.2) is 0 Å². The Morgan fingerprint density at radius 3 is 2.36 bits per heavy atom. The molecule has 0 N–H and O–H groups in total. The van der Waals surface area contributed by atoms with Crippen molar-refractivity contribution in [3.8, 4) is 0 Å². The zero-order valence-corrected chi connectivity index (χ0v) is 8.02. The van der Waals surface area contributed by atoms with Gasteiger partial charge < -0.3 is 4.74 Å². The van der Waals surface area contributed by atoms with E-state index in [9.17, 15) is 13.2 Å². The largest absolute Gasteiger partial charge is 0.414 e. The van der Waals surface area contributed by atoms with Crippen LogP contribution in [0.5, 0.6) is 0 Å². The minimum atomic E-state index is -4.16. The lowest BCUT2D eigenvalue weighted by atomic mass is 9.81. The van der Waals surface area contributed by atoms with Crippen LogP contribution in [0.1, 0.15) is 38.5 Å². The van der Waals surface area contributed by atoms with Gasteiger partial charge in [0.2, 0.25) is 0 Å². The summed E-state index contributed by atoms with van der Waals surface area (Å²) >= 11 is 0. The third-order valence-electron chi connectivity index (χ3n) is 3.34. The molecule has 1 aliphatic heterocycles. The van der Waals surface area contributed by atoms with Gasteiger partial charge in [0.1, 0.15) is 0 Å². The second-order valence-electron chi connectivity index (χ2n) is 4.33. The van der Waals surface area contributed by atoms with Gasteiger partial charge in [-0.05, 0) is 31.6 Å². The van der Waals surface area contributed by atoms with E-state index in [1.54, 1.807) is 0 Å². The molecule has 0 radical (unpaired) electrons. The Hall–Kier alpha value is -0.250. The molecule has 14 heavy (non-hydrogen) atoms. The van der Waals surface area contributed by atoms with Crippen molar-refractivity contribution in [2.45, 2.75) is 56.9 Å². The molecule has 0 aromatic rings. The number of halogens is 3. The first kappa shape index (κ1) is 10.3. The van der Waals surface area contributed by atoms with Crippen LogP contribution in [-0.2, 0) is 4.74 Å². The predicted octanol–water partition coefficient (Wildman–Crippen LogP) is 3.29. The number of alkyl halides is 3. The summed E-state index contributed by atoms with van der Waals surface area (Å²) in [6.45, 7) is 0. The summed E-state index contributed by atoms with van der Waals surface area (Å²) < 4.78 is 42.3. The zero-order valence-electron chi connectivity index (χ0n) is 8.02. The van der Waals surface area contributed by atoms with Crippen LogP contribution in [0.3, 0.4) is 0 Å². The molecular weight excluding hydrogens is 193 g/mol. The summed E-state index contributed by atoms with van der Waals surface area (Å²) in [7, 11) is 0. The van der Waals surface area contributed by atoms with Gasteiger partial charge in [0.25, 0.3) is 0 Å². The van der Waals surface area contributed by atoms with Crippen LogP contribution in [0.2, 0.25) is 0 Å². The molecule has 1 aliphatic carbocycles. The van der Waals surface area contributed by atoms with E-state index >= 15 is 0 Å². The van der Waals surface area contributed by atoms with Gasteiger partial charge in [0, 0.05) is 0 Å². The van der Waals surface area contributed by atoms with Crippen molar-refractivity contribution in [3.05, 3.63) is 0 Å². The van der Waals surface area contributed by atoms with Gasteiger partial charge in [0.05, 0.1) is 6.10 Å². The number of hydrogen-bond donors (Lipinski definition) is 0. The molecule has 1 saturated carbocycles. The topological polar surface area (TPSA) is 9.23 Å². The highest BCUT2D eigenvalue weighted by molar-refractivity contribution is 4.84. The minimum Gasteiger partial charge on any atom is -0.365 e. The maximum absolute atomic E-state index is 12.4. The van der Waals surface area contributed by atoms with Gasteiger partial charge in [-0.15, -0.1) is 0 Å². The molecule has 0 spiro atoms. The molecule has 1 nitrogen and oxygen atoms in total. The third-order valence-corrected chi connectivity index (χ3v) is 3.34. The second-order valence-corrected chi connectivity index (χ2v) is 4.33. The Morgan fingerprint density at radius 1 is 0.929 bits per heavy atom. The summed E-state index contributed by atoms with van der Waals surface area (Å²) in [5.41, 5.74) is 0. The molecule has 1 heterocycles. The van der Waals surface area contributed by atoms with Crippen LogP contribution >= 0.6 is 0 Å². The number of fused-ring (bicyclic) bond motifs is 1. The van der Waals surface area contributed by atoms with Crippen molar-refractivity contribution in [3.63, 3.8) is 0 Å².